The third kappa shape index (κ3) is 5.87. The van der Waals surface area contributed by atoms with Crippen LogP contribution < -0.4 is 14.8 Å². The molecular formula is C20H21F3N2O3. The fourth-order valence-corrected chi connectivity index (χ4v) is 2.96. The zero-order chi connectivity index (χ0) is 20.0. The molecule has 1 fully saturated rings. The van der Waals surface area contributed by atoms with E-state index in [1.165, 1.54) is 12.1 Å². The van der Waals surface area contributed by atoms with E-state index in [-0.39, 0.29) is 25.0 Å². The Morgan fingerprint density at radius 2 is 1.96 bits per heavy atom. The lowest BCUT2D eigenvalue weighted by atomic mass is 10.2. The summed E-state index contributed by atoms with van der Waals surface area (Å²) < 4.78 is 49.0. The number of nitrogens with zero attached hydrogens (tertiary/aromatic N) is 1. The largest absolute Gasteiger partial charge is 0.484 e. The van der Waals surface area contributed by atoms with Crippen molar-refractivity contribution in [3.05, 3.63) is 53.7 Å². The molecule has 150 valence electrons. The maximum Gasteiger partial charge on any atom is 0.416 e. The van der Waals surface area contributed by atoms with Crippen LogP contribution in [0.5, 0.6) is 11.6 Å². The SMILES string of the molecule is O=C(COc1cccc(C(F)(F)F)c1)NCc1ccnc(OC2CCCC2)c1. The molecule has 0 saturated heterocycles. The predicted molar refractivity (Wildman–Crippen MR) is 95.9 cm³/mol. The fraction of sp³-hybridized carbons (Fsp3) is 0.400. The van der Waals surface area contributed by atoms with E-state index in [0.29, 0.717) is 5.88 Å². The maximum absolute atomic E-state index is 12.7. The number of aromatic nitrogens is 1. The zero-order valence-corrected chi connectivity index (χ0v) is 15.2. The topological polar surface area (TPSA) is 60.5 Å². The van der Waals surface area contributed by atoms with Gasteiger partial charge in [-0.3, -0.25) is 4.79 Å². The number of hydrogen-bond acceptors (Lipinski definition) is 4. The van der Waals surface area contributed by atoms with Crippen LogP contribution in [0.1, 0.15) is 36.8 Å². The van der Waals surface area contributed by atoms with E-state index in [0.717, 1.165) is 43.4 Å². The molecule has 8 heteroatoms. The highest BCUT2D eigenvalue weighted by Crippen LogP contribution is 2.31. The van der Waals surface area contributed by atoms with Crippen molar-refractivity contribution in [1.82, 2.24) is 10.3 Å². The molecule has 28 heavy (non-hydrogen) atoms. The van der Waals surface area contributed by atoms with Gasteiger partial charge in [0, 0.05) is 18.8 Å². The Balaban J connectivity index is 1.47. The molecule has 5 nitrogen and oxygen atoms in total. The number of amides is 1. The molecule has 2 aromatic rings. The molecule has 0 bridgehead atoms. The number of nitrogens with one attached hydrogen (secondary N) is 1. The first-order valence-electron chi connectivity index (χ1n) is 9.08. The summed E-state index contributed by atoms with van der Waals surface area (Å²) in [5, 5.41) is 2.67. The van der Waals surface area contributed by atoms with Crippen LogP contribution in [-0.2, 0) is 17.5 Å². The summed E-state index contributed by atoms with van der Waals surface area (Å²) in [4.78, 5) is 16.1. The van der Waals surface area contributed by atoms with Crippen molar-refractivity contribution in [2.75, 3.05) is 6.61 Å². The summed E-state index contributed by atoms with van der Waals surface area (Å²) in [7, 11) is 0. The number of carbonyl (C=O) groups is 1. The number of alkyl halides is 3. The van der Waals surface area contributed by atoms with Gasteiger partial charge in [0.2, 0.25) is 5.88 Å². The highest BCUT2D eigenvalue weighted by Gasteiger charge is 2.30. The van der Waals surface area contributed by atoms with Gasteiger partial charge in [-0.15, -0.1) is 0 Å². The number of benzene rings is 1. The van der Waals surface area contributed by atoms with Crippen LogP contribution in [0.3, 0.4) is 0 Å². The fourth-order valence-electron chi connectivity index (χ4n) is 2.96. The van der Waals surface area contributed by atoms with Crippen LogP contribution >= 0.6 is 0 Å². The molecule has 1 aromatic heterocycles. The van der Waals surface area contributed by atoms with E-state index in [1.54, 1.807) is 18.3 Å². The first-order valence-corrected chi connectivity index (χ1v) is 9.08. The minimum Gasteiger partial charge on any atom is -0.484 e. The Morgan fingerprint density at radius 3 is 2.71 bits per heavy atom. The van der Waals surface area contributed by atoms with Crippen LogP contribution in [-0.4, -0.2) is 23.6 Å². The number of ether oxygens (including phenoxy) is 2. The molecule has 0 aliphatic heterocycles. The van der Waals surface area contributed by atoms with Crippen molar-refractivity contribution >= 4 is 5.91 Å². The molecule has 1 heterocycles. The van der Waals surface area contributed by atoms with Crippen LogP contribution in [0.15, 0.2) is 42.6 Å². The minimum absolute atomic E-state index is 0.0128. The van der Waals surface area contributed by atoms with Crippen molar-refractivity contribution in [3.63, 3.8) is 0 Å². The summed E-state index contributed by atoms with van der Waals surface area (Å²) in [5.74, 6) is 0.0764. The van der Waals surface area contributed by atoms with E-state index in [1.807, 2.05) is 0 Å². The number of halogens is 3. The van der Waals surface area contributed by atoms with Gasteiger partial charge < -0.3 is 14.8 Å². The van der Waals surface area contributed by atoms with Crippen LogP contribution in [0.4, 0.5) is 13.2 Å². The summed E-state index contributed by atoms with van der Waals surface area (Å²) >= 11 is 0. The zero-order valence-electron chi connectivity index (χ0n) is 15.2. The summed E-state index contributed by atoms with van der Waals surface area (Å²) in [5.41, 5.74) is -0.00704. The Labute approximate surface area is 160 Å². The molecule has 1 N–H and O–H groups in total. The van der Waals surface area contributed by atoms with Gasteiger partial charge in [0.1, 0.15) is 11.9 Å². The molecule has 1 amide bonds. The van der Waals surface area contributed by atoms with E-state index < -0.39 is 17.6 Å². The lowest BCUT2D eigenvalue weighted by Crippen LogP contribution is -2.28. The number of carbonyl (C=O) groups excluding carboxylic acids is 1. The third-order valence-corrected chi connectivity index (χ3v) is 4.41. The highest BCUT2D eigenvalue weighted by molar-refractivity contribution is 5.77. The number of pyridine rings is 1. The lowest BCUT2D eigenvalue weighted by Gasteiger charge is -2.13. The second-order valence-electron chi connectivity index (χ2n) is 6.62. The van der Waals surface area contributed by atoms with Crippen molar-refractivity contribution < 1.29 is 27.4 Å². The first-order chi connectivity index (χ1) is 13.4. The van der Waals surface area contributed by atoms with Crippen LogP contribution in [0.2, 0.25) is 0 Å². The van der Waals surface area contributed by atoms with E-state index in [9.17, 15) is 18.0 Å². The van der Waals surface area contributed by atoms with Gasteiger partial charge in [-0.1, -0.05) is 6.07 Å². The molecule has 0 radical (unpaired) electrons. The second-order valence-corrected chi connectivity index (χ2v) is 6.62. The maximum atomic E-state index is 12.7. The van der Waals surface area contributed by atoms with Gasteiger partial charge >= 0.3 is 6.18 Å². The van der Waals surface area contributed by atoms with Gasteiger partial charge in [0.15, 0.2) is 6.61 Å². The number of hydrogen-bond donors (Lipinski definition) is 1. The predicted octanol–water partition coefficient (Wildman–Crippen LogP) is 4.12. The molecule has 3 rings (SSSR count). The first kappa shape index (κ1) is 20.0. The van der Waals surface area contributed by atoms with Crippen molar-refractivity contribution in [2.24, 2.45) is 0 Å². The smallest absolute Gasteiger partial charge is 0.416 e. The monoisotopic (exact) mass is 394 g/mol. The quantitative estimate of drug-likeness (QED) is 0.768. The highest BCUT2D eigenvalue weighted by atomic mass is 19.4. The van der Waals surface area contributed by atoms with Crippen molar-refractivity contribution in [2.45, 2.75) is 44.5 Å². The summed E-state index contributed by atoms with van der Waals surface area (Å²) in [6.07, 6.45) is 1.72. The average molecular weight is 394 g/mol. The van der Waals surface area contributed by atoms with Crippen LogP contribution in [0.25, 0.3) is 0 Å². The van der Waals surface area contributed by atoms with Gasteiger partial charge in [0.05, 0.1) is 5.56 Å². The molecule has 1 aliphatic rings. The Hall–Kier alpha value is -2.77. The average Bonchev–Trinajstić information content (AvgIpc) is 3.17. The summed E-state index contributed by atoms with van der Waals surface area (Å²) in [6.45, 7) is -0.133. The molecule has 0 unspecified atom stereocenters. The van der Waals surface area contributed by atoms with E-state index >= 15 is 0 Å². The molecule has 1 saturated carbocycles. The molecule has 0 atom stereocenters. The normalized spacial score (nSPS) is 14.7. The molecule has 1 aromatic carbocycles. The lowest BCUT2D eigenvalue weighted by molar-refractivity contribution is -0.137. The molecule has 1 aliphatic carbocycles. The second kappa shape index (κ2) is 8.95. The van der Waals surface area contributed by atoms with Crippen molar-refractivity contribution in [3.8, 4) is 11.6 Å². The van der Waals surface area contributed by atoms with Gasteiger partial charge in [0.25, 0.3) is 5.91 Å². The standard InChI is InChI=1S/C20H21F3N2O3/c21-20(22,23)15-4-3-7-17(11-15)27-13-18(26)25-12-14-8-9-24-19(10-14)28-16-5-1-2-6-16/h3-4,7-11,16H,1-2,5-6,12-13H2,(H,25,26). The van der Waals surface area contributed by atoms with Gasteiger partial charge in [-0.05, 0) is 55.5 Å². The van der Waals surface area contributed by atoms with Crippen molar-refractivity contribution in [1.29, 1.82) is 0 Å². The van der Waals surface area contributed by atoms with Crippen LogP contribution in [0, 0.1) is 0 Å². The Morgan fingerprint density at radius 1 is 1.18 bits per heavy atom. The number of rotatable bonds is 7. The van der Waals surface area contributed by atoms with Gasteiger partial charge in [-0.2, -0.15) is 13.2 Å². The minimum atomic E-state index is -4.46. The van der Waals surface area contributed by atoms with E-state index in [4.69, 9.17) is 9.47 Å². The molecule has 0 spiro atoms. The van der Waals surface area contributed by atoms with Gasteiger partial charge in [-0.25, -0.2) is 4.98 Å². The summed E-state index contributed by atoms with van der Waals surface area (Å²) in [6, 6.07) is 7.95. The Kier molecular flexibility index (Phi) is 6.38. The van der Waals surface area contributed by atoms with E-state index in [2.05, 4.69) is 10.3 Å². The molecular weight excluding hydrogens is 373 g/mol. The Bertz CT molecular complexity index is 805. The third-order valence-electron chi connectivity index (χ3n) is 4.41.